The summed E-state index contributed by atoms with van der Waals surface area (Å²) in [5.41, 5.74) is 5.96. The number of Topliss-reactive ketones (excluding diaryl/α,β-unsaturated/α-hetero) is 1. The quantitative estimate of drug-likeness (QED) is 0.174. The van der Waals surface area contributed by atoms with Gasteiger partial charge in [0.25, 0.3) is 0 Å². The van der Waals surface area contributed by atoms with Crippen molar-refractivity contribution in [3.8, 4) is 11.1 Å². The number of rotatable bonds is 11. The number of benzene rings is 3. The molecule has 1 saturated heterocycles. The van der Waals surface area contributed by atoms with Gasteiger partial charge in [-0.25, -0.2) is 9.97 Å². The van der Waals surface area contributed by atoms with Gasteiger partial charge in [0, 0.05) is 42.4 Å². The molecule has 0 spiro atoms. The van der Waals surface area contributed by atoms with Gasteiger partial charge in [-0.05, 0) is 85.8 Å². The molecule has 1 aliphatic carbocycles. The first kappa shape index (κ1) is 32.4. The minimum Gasteiger partial charge on any atom is -0.351 e. The lowest BCUT2D eigenvalue weighted by atomic mass is 9.97. The topological polar surface area (TPSA) is 110 Å². The first-order valence-corrected chi connectivity index (χ1v) is 17.1. The Balaban J connectivity index is 1.13. The van der Waals surface area contributed by atoms with Gasteiger partial charge >= 0.3 is 0 Å². The minimum atomic E-state index is -0.561. The first-order valence-electron chi connectivity index (χ1n) is 17.1. The van der Waals surface area contributed by atoms with Gasteiger partial charge in [-0.3, -0.25) is 19.1 Å². The zero-order valence-electron chi connectivity index (χ0n) is 28.5. The minimum absolute atomic E-state index is 0.0102. The van der Waals surface area contributed by atoms with E-state index in [2.05, 4.69) is 51.6 Å². The number of piperidine rings is 1. The smallest absolute Gasteiger partial charge is 0.245 e. The van der Waals surface area contributed by atoms with Crippen LogP contribution in [0.3, 0.4) is 0 Å². The van der Waals surface area contributed by atoms with Gasteiger partial charge in [0.2, 0.25) is 11.8 Å². The summed E-state index contributed by atoms with van der Waals surface area (Å²) < 4.78 is 1.64. The van der Waals surface area contributed by atoms with E-state index in [-0.39, 0.29) is 41.6 Å². The molecule has 49 heavy (non-hydrogen) atoms. The van der Waals surface area contributed by atoms with Gasteiger partial charge in [-0.1, -0.05) is 67.6 Å². The van der Waals surface area contributed by atoms with Crippen molar-refractivity contribution in [3.05, 3.63) is 113 Å². The third-order valence-electron chi connectivity index (χ3n) is 10.3. The Morgan fingerprint density at radius 1 is 0.918 bits per heavy atom. The number of hydrogen-bond donors (Lipinski definition) is 1. The number of likely N-dealkylation sites (tertiary alicyclic amines) is 1. The standard InChI is InChI=1S/C40H42N6O3/c1-25-17-30(31-22-41-27(3)42-23-31)19-33-37(26(2)47)44-45(38(25)33)24-36(48)46-34(20-40(4)21-35(40)46)39(49)43-32(18-29-13-9-6-10-14-29)16-15-28-11-7-5-8-12-28/h5-14,17,19,22-23,32,34-35H,15-16,18,20-21,24H2,1-4H3,(H,43,49)/t32?,34-,35+,40-/m0/s1. The van der Waals surface area contributed by atoms with Crippen molar-refractivity contribution in [3.63, 3.8) is 0 Å². The lowest BCUT2D eigenvalue weighted by molar-refractivity contribution is -0.140. The molecule has 1 aliphatic heterocycles. The average molecular weight is 655 g/mol. The molecule has 2 aliphatic rings. The van der Waals surface area contributed by atoms with Crippen LogP contribution in [0.5, 0.6) is 0 Å². The fraction of sp³-hybridized carbons (Fsp3) is 0.350. The van der Waals surface area contributed by atoms with E-state index in [0.717, 1.165) is 47.0 Å². The summed E-state index contributed by atoms with van der Waals surface area (Å²) in [5.74, 6) is 0.231. The normalized spacial score (nSPS) is 20.2. The number of hydrogen-bond acceptors (Lipinski definition) is 6. The third kappa shape index (κ3) is 6.62. The molecular formula is C40H42N6O3. The van der Waals surface area contributed by atoms with Crippen LogP contribution in [0, 0.1) is 19.3 Å². The number of aromatic nitrogens is 4. The van der Waals surface area contributed by atoms with Crippen molar-refractivity contribution >= 4 is 28.5 Å². The van der Waals surface area contributed by atoms with E-state index >= 15 is 0 Å². The monoisotopic (exact) mass is 654 g/mol. The number of nitrogens with zero attached hydrogens (tertiary/aromatic N) is 5. The molecule has 2 aromatic heterocycles. The molecule has 1 unspecified atom stereocenters. The molecule has 9 heteroatoms. The van der Waals surface area contributed by atoms with E-state index in [1.165, 1.54) is 12.5 Å². The molecule has 0 radical (unpaired) electrons. The van der Waals surface area contributed by atoms with E-state index < -0.39 is 6.04 Å². The van der Waals surface area contributed by atoms with Crippen LogP contribution >= 0.6 is 0 Å². The van der Waals surface area contributed by atoms with Gasteiger partial charge in [0.1, 0.15) is 24.1 Å². The molecule has 2 fully saturated rings. The van der Waals surface area contributed by atoms with Crippen molar-refractivity contribution in [2.75, 3.05) is 0 Å². The maximum atomic E-state index is 14.2. The Hall–Kier alpha value is -5.18. The van der Waals surface area contributed by atoms with Crippen LogP contribution in [0.4, 0.5) is 0 Å². The Morgan fingerprint density at radius 2 is 1.59 bits per heavy atom. The molecule has 1 N–H and O–H groups in total. The lowest BCUT2D eigenvalue weighted by Crippen LogP contribution is -2.51. The zero-order valence-corrected chi connectivity index (χ0v) is 28.5. The SMILES string of the molecule is CC(=O)c1nn(CC(=O)N2[C@H](C(=O)NC(CCc3ccccc3)Cc3ccccc3)C[C@@]3(C)C[C@@H]23)c2c(C)cc(-c3cnc(C)nc3)cc12. The highest BCUT2D eigenvalue weighted by Gasteiger charge is 2.64. The summed E-state index contributed by atoms with van der Waals surface area (Å²) in [4.78, 5) is 51.6. The third-order valence-corrected chi connectivity index (χ3v) is 10.3. The second-order valence-electron chi connectivity index (χ2n) is 14.1. The van der Waals surface area contributed by atoms with E-state index in [9.17, 15) is 14.4 Å². The van der Waals surface area contributed by atoms with Crippen molar-refractivity contribution in [2.24, 2.45) is 5.41 Å². The summed E-state index contributed by atoms with van der Waals surface area (Å²) in [7, 11) is 0. The number of carbonyl (C=O) groups is 3. The van der Waals surface area contributed by atoms with Crippen LogP contribution in [-0.2, 0) is 29.0 Å². The largest absolute Gasteiger partial charge is 0.351 e. The fourth-order valence-electron chi connectivity index (χ4n) is 7.59. The average Bonchev–Trinajstić information content (AvgIpc) is 3.44. The number of nitrogens with one attached hydrogen (secondary N) is 1. The van der Waals surface area contributed by atoms with Crippen LogP contribution in [-0.4, -0.2) is 60.4 Å². The van der Waals surface area contributed by atoms with Crippen LogP contribution < -0.4 is 5.32 Å². The fourth-order valence-corrected chi connectivity index (χ4v) is 7.59. The second-order valence-corrected chi connectivity index (χ2v) is 14.1. The number of carbonyl (C=O) groups excluding carboxylic acids is 3. The number of amides is 2. The Labute approximate surface area is 286 Å². The maximum Gasteiger partial charge on any atom is 0.245 e. The molecule has 5 aromatic rings. The second kappa shape index (κ2) is 13.0. The zero-order chi connectivity index (χ0) is 34.3. The molecule has 0 bridgehead atoms. The highest BCUT2D eigenvalue weighted by molar-refractivity contribution is 6.07. The van der Waals surface area contributed by atoms with E-state index in [1.807, 2.05) is 62.4 Å². The van der Waals surface area contributed by atoms with Gasteiger partial charge in [0.15, 0.2) is 5.78 Å². The Kier molecular flexibility index (Phi) is 8.61. The molecule has 3 aromatic carbocycles. The van der Waals surface area contributed by atoms with E-state index in [1.54, 1.807) is 22.0 Å². The molecule has 2 amide bonds. The maximum absolute atomic E-state index is 14.2. The van der Waals surface area contributed by atoms with Crippen LogP contribution in [0.15, 0.2) is 85.2 Å². The van der Waals surface area contributed by atoms with Crippen LogP contribution in [0.25, 0.3) is 22.0 Å². The van der Waals surface area contributed by atoms with Crippen molar-refractivity contribution in [2.45, 2.75) is 84.5 Å². The first-order chi connectivity index (χ1) is 23.6. The summed E-state index contributed by atoms with van der Waals surface area (Å²) >= 11 is 0. The number of fused-ring (bicyclic) bond motifs is 2. The summed E-state index contributed by atoms with van der Waals surface area (Å²) in [6.07, 6.45) is 7.38. The van der Waals surface area contributed by atoms with Crippen LogP contribution in [0.1, 0.15) is 66.1 Å². The number of ketones is 1. The lowest BCUT2D eigenvalue weighted by Gasteiger charge is -2.29. The highest BCUT2D eigenvalue weighted by atomic mass is 16.2. The van der Waals surface area contributed by atoms with Gasteiger partial charge in [-0.15, -0.1) is 0 Å². The molecule has 7 rings (SSSR count). The van der Waals surface area contributed by atoms with Gasteiger partial charge in [-0.2, -0.15) is 5.10 Å². The molecule has 9 nitrogen and oxygen atoms in total. The summed E-state index contributed by atoms with van der Waals surface area (Å²) in [6, 6.07) is 23.8. The van der Waals surface area contributed by atoms with Gasteiger partial charge < -0.3 is 10.2 Å². The van der Waals surface area contributed by atoms with E-state index in [0.29, 0.717) is 29.7 Å². The Bertz CT molecular complexity index is 2020. The van der Waals surface area contributed by atoms with Crippen molar-refractivity contribution in [1.29, 1.82) is 0 Å². The van der Waals surface area contributed by atoms with Crippen molar-refractivity contribution in [1.82, 2.24) is 30.0 Å². The summed E-state index contributed by atoms with van der Waals surface area (Å²) in [5, 5.41) is 8.71. The predicted molar refractivity (Wildman–Crippen MR) is 189 cm³/mol. The predicted octanol–water partition coefficient (Wildman–Crippen LogP) is 6.05. The van der Waals surface area contributed by atoms with Gasteiger partial charge in [0.05, 0.1) is 5.52 Å². The summed E-state index contributed by atoms with van der Waals surface area (Å²) in [6.45, 7) is 7.39. The molecule has 3 heterocycles. The highest BCUT2D eigenvalue weighted by Crippen LogP contribution is 2.59. The van der Waals surface area contributed by atoms with E-state index in [4.69, 9.17) is 0 Å². The molecule has 250 valence electrons. The van der Waals surface area contributed by atoms with Crippen molar-refractivity contribution < 1.29 is 14.4 Å². The Morgan fingerprint density at radius 3 is 2.27 bits per heavy atom. The molecule has 1 saturated carbocycles. The number of aryl methyl sites for hydroxylation is 3. The van der Waals surface area contributed by atoms with Crippen LogP contribution in [0.2, 0.25) is 0 Å². The molecule has 4 atom stereocenters. The molecular weight excluding hydrogens is 612 g/mol.